The van der Waals surface area contributed by atoms with E-state index in [-0.39, 0.29) is 25.1 Å². The predicted octanol–water partition coefficient (Wildman–Crippen LogP) is 3.74. The first-order valence-corrected chi connectivity index (χ1v) is 7.15. The van der Waals surface area contributed by atoms with Crippen molar-refractivity contribution in [3.8, 4) is 17.2 Å². The van der Waals surface area contributed by atoms with Gasteiger partial charge in [0.15, 0.2) is 23.9 Å². The van der Waals surface area contributed by atoms with Gasteiger partial charge < -0.3 is 19.5 Å². The van der Waals surface area contributed by atoms with Crippen LogP contribution in [0.3, 0.4) is 0 Å². The van der Waals surface area contributed by atoms with Crippen molar-refractivity contribution in [2.45, 2.75) is 0 Å². The summed E-state index contributed by atoms with van der Waals surface area (Å²) in [6.07, 6.45) is 0. The quantitative estimate of drug-likeness (QED) is 0.921. The highest BCUT2D eigenvalue weighted by Gasteiger charge is 2.15. The summed E-state index contributed by atoms with van der Waals surface area (Å²) < 4.78 is 15.8. The molecule has 2 aromatic carbocycles. The fourth-order valence-electron chi connectivity index (χ4n) is 1.93. The number of amides is 1. The maximum atomic E-state index is 11.9. The lowest BCUT2D eigenvalue weighted by atomic mass is 10.3. The number of para-hydroxylation sites is 1. The highest BCUT2D eigenvalue weighted by atomic mass is 35.5. The Hall–Kier alpha value is -2.11. The van der Waals surface area contributed by atoms with Crippen molar-refractivity contribution in [3.05, 3.63) is 46.4 Å². The van der Waals surface area contributed by atoms with Gasteiger partial charge in [0, 0.05) is 11.8 Å². The van der Waals surface area contributed by atoms with Crippen LogP contribution in [0, 0.1) is 0 Å². The van der Waals surface area contributed by atoms with Crippen LogP contribution in [0.15, 0.2) is 36.4 Å². The Bertz CT molecular complexity index is 700. The van der Waals surface area contributed by atoms with Gasteiger partial charge in [-0.1, -0.05) is 29.3 Å². The lowest BCUT2D eigenvalue weighted by molar-refractivity contribution is -0.118. The summed E-state index contributed by atoms with van der Waals surface area (Å²) in [6.45, 7) is -0.0290. The number of nitrogens with one attached hydrogen (secondary N) is 1. The fourth-order valence-corrected chi connectivity index (χ4v) is 2.44. The number of rotatable bonds is 4. The van der Waals surface area contributed by atoms with Gasteiger partial charge in [0.1, 0.15) is 0 Å². The lowest BCUT2D eigenvalue weighted by Gasteiger charge is -2.10. The summed E-state index contributed by atoms with van der Waals surface area (Å²) in [7, 11) is 0. The smallest absolute Gasteiger partial charge is 0.262 e. The van der Waals surface area contributed by atoms with Crippen LogP contribution in [0.5, 0.6) is 17.2 Å². The van der Waals surface area contributed by atoms with Crippen molar-refractivity contribution in [1.82, 2.24) is 0 Å². The zero-order valence-corrected chi connectivity index (χ0v) is 12.8. The molecule has 7 heteroatoms. The van der Waals surface area contributed by atoms with Gasteiger partial charge in [-0.2, -0.15) is 0 Å². The van der Waals surface area contributed by atoms with Crippen LogP contribution in [-0.4, -0.2) is 19.3 Å². The molecule has 114 valence electrons. The molecule has 0 bridgehead atoms. The van der Waals surface area contributed by atoms with Crippen LogP contribution in [0.4, 0.5) is 5.69 Å². The molecule has 1 aliphatic heterocycles. The van der Waals surface area contributed by atoms with Crippen molar-refractivity contribution in [3.63, 3.8) is 0 Å². The normalized spacial score (nSPS) is 12.1. The van der Waals surface area contributed by atoms with Crippen molar-refractivity contribution < 1.29 is 19.0 Å². The van der Waals surface area contributed by atoms with Crippen LogP contribution in [0.25, 0.3) is 0 Å². The summed E-state index contributed by atoms with van der Waals surface area (Å²) in [5, 5.41) is 3.40. The van der Waals surface area contributed by atoms with E-state index in [0.717, 1.165) is 0 Å². The van der Waals surface area contributed by atoms with E-state index in [0.29, 0.717) is 27.2 Å². The van der Waals surface area contributed by atoms with Crippen molar-refractivity contribution >= 4 is 34.8 Å². The predicted molar refractivity (Wildman–Crippen MR) is 83.2 cm³/mol. The largest absolute Gasteiger partial charge is 0.481 e. The summed E-state index contributed by atoms with van der Waals surface area (Å²) in [4.78, 5) is 11.9. The third kappa shape index (κ3) is 3.21. The molecule has 1 aliphatic rings. The van der Waals surface area contributed by atoms with E-state index in [1.807, 2.05) is 0 Å². The van der Waals surface area contributed by atoms with Gasteiger partial charge in [-0.25, -0.2) is 0 Å². The Balaban J connectivity index is 1.61. The number of ether oxygens (including phenoxy) is 3. The highest BCUT2D eigenvalue weighted by molar-refractivity contribution is 6.37. The summed E-state index contributed by atoms with van der Waals surface area (Å²) in [5.74, 6) is 1.19. The number of benzene rings is 2. The summed E-state index contributed by atoms with van der Waals surface area (Å²) in [5.41, 5.74) is 0.586. The standard InChI is InChI=1S/C15H11Cl2NO4/c16-10-2-1-3-11(17)15(10)20-7-14(19)18-9-4-5-12-13(6-9)22-8-21-12/h1-6H,7-8H2,(H,18,19). The van der Waals surface area contributed by atoms with E-state index < -0.39 is 0 Å². The van der Waals surface area contributed by atoms with Crippen LogP contribution >= 0.6 is 23.2 Å². The molecule has 5 nitrogen and oxygen atoms in total. The van der Waals surface area contributed by atoms with Crippen molar-refractivity contribution in [2.75, 3.05) is 18.7 Å². The summed E-state index contributed by atoms with van der Waals surface area (Å²) in [6, 6.07) is 10.1. The van der Waals surface area contributed by atoms with Gasteiger partial charge in [0.2, 0.25) is 6.79 Å². The zero-order valence-electron chi connectivity index (χ0n) is 11.3. The molecule has 1 N–H and O–H groups in total. The molecule has 1 heterocycles. The topological polar surface area (TPSA) is 56.8 Å². The van der Waals surface area contributed by atoms with E-state index >= 15 is 0 Å². The van der Waals surface area contributed by atoms with Gasteiger partial charge in [-0.05, 0) is 24.3 Å². The molecule has 0 spiro atoms. The van der Waals surface area contributed by atoms with Crippen LogP contribution in [-0.2, 0) is 4.79 Å². The average Bonchev–Trinajstić information content (AvgIpc) is 2.94. The first-order valence-electron chi connectivity index (χ1n) is 6.40. The molecule has 0 fully saturated rings. The maximum Gasteiger partial charge on any atom is 0.262 e. The molecule has 1 amide bonds. The Labute approximate surface area is 136 Å². The molecule has 0 saturated carbocycles. The van der Waals surface area contributed by atoms with Gasteiger partial charge in [-0.15, -0.1) is 0 Å². The second-order valence-electron chi connectivity index (χ2n) is 4.46. The molecular formula is C15H11Cl2NO4. The van der Waals surface area contributed by atoms with Gasteiger partial charge in [-0.3, -0.25) is 4.79 Å². The number of carbonyl (C=O) groups excluding carboxylic acids is 1. The Morgan fingerprint density at radius 3 is 2.64 bits per heavy atom. The molecule has 2 aromatic rings. The number of anilines is 1. The summed E-state index contributed by atoms with van der Waals surface area (Å²) >= 11 is 11.9. The number of fused-ring (bicyclic) bond motifs is 1. The third-order valence-corrected chi connectivity index (χ3v) is 3.52. The molecule has 0 radical (unpaired) electrons. The maximum absolute atomic E-state index is 11.9. The van der Waals surface area contributed by atoms with Gasteiger partial charge >= 0.3 is 0 Å². The minimum atomic E-state index is -0.338. The molecule has 22 heavy (non-hydrogen) atoms. The van der Waals surface area contributed by atoms with E-state index in [9.17, 15) is 4.79 Å². The minimum absolute atomic E-state index is 0.181. The van der Waals surface area contributed by atoms with Crippen molar-refractivity contribution in [1.29, 1.82) is 0 Å². The highest BCUT2D eigenvalue weighted by Crippen LogP contribution is 2.34. The van der Waals surface area contributed by atoms with Crippen molar-refractivity contribution in [2.24, 2.45) is 0 Å². The van der Waals surface area contributed by atoms with Gasteiger partial charge in [0.25, 0.3) is 5.91 Å². The first kappa shape index (κ1) is 14.8. The first-order chi connectivity index (χ1) is 10.6. The number of carbonyl (C=O) groups is 1. The average molecular weight is 340 g/mol. The molecule has 3 rings (SSSR count). The SMILES string of the molecule is O=C(COc1c(Cl)cccc1Cl)Nc1ccc2c(c1)OCO2. The van der Waals surface area contributed by atoms with Crippen LogP contribution < -0.4 is 19.5 Å². The Kier molecular flexibility index (Phi) is 4.27. The van der Waals surface area contributed by atoms with E-state index in [1.54, 1.807) is 36.4 Å². The van der Waals surface area contributed by atoms with Crippen LogP contribution in [0.2, 0.25) is 10.0 Å². The van der Waals surface area contributed by atoms with E-state index in [1.165, 1.54) is 0 Å². The molecule has 0 aliphatic carbocycles. The number of hydrogen-bond acceptors (Lipinski definition) is 4. The molecule has 0 saturated heterocycles. The number of halogens is 2. The van der Waals surface area contributed by atoms with Gasteiger partial charge in [0.05, 0.1) is 10.0 Å². The van der Waals surface area contributed by atoms with Crippen LogP contribution in [0.1, 0.15) is 0 Å². The molecular weight excluding hydrogens is 329 g/mol. The third-order valence-electron chi connectivity index (χ3n) is 2.92. The second-order valence-corrected chi connectivity index (χ2v) is 5.27. The Morgan fingerprint density at radius 1 is 1.14 bits per heavy atom. The molecule has 0 atom stereocenters. The lowest BCUT2D eigenvalue weighted by Crippen LogP contribution is -2.20. The second kappa shape index (κ2) is 6.34. The molecule has 0 aromatic heterocycles. The number of hydrogen-bond donors (Lipinski definition) is 1. The minimum Gasteiger partial charge on any atom is -0.481 e. The zero-order chi connectivity index (χ0) is 15.5. The molecule has 0 unspecified atom stereocenters. The van der Waals surface area contributed by atoms with E-state index in [2.05, 4.69) is 5.32 Å². The Morgan fingerprint density at radius 2 is 1.86 bits per heavy atom. The van der Waals surface area contributed by atoms with E-state index in [4.69, 9.17) is 37.4 Å². The fraction of sp³-hybridized carbons (Fsp3) is 0.133. The monoisotopic (exact) mass is 339 g/mol.